The summed E-state index contributed by atoms with van der Waals surface area (Å²) in [6.45, 7) is 3.52. The van der Waals surface area contributed by atoms with Gasteiger partial charge in [-0.2, -0.15) is 0 Å². The highest BCUT2D eigenvalue weighted by Gasteiger charge is 2.20. The number of nitrogens with zero attached hydrogens (tertiary/aromatic N) is 1. The molecule has 0 saturated heterocycles. The maximum atomic E-state index is 12.5. The standard InChI is InChI=1S/C22H26N2O5/c1-16(2)24(17-9-5-4-6-10-17)20(25)15-29-21(26)13-14-23-22(27)18-11-7-8-12-19(18)28-3/h4-12,16H,13-15H2,1-3H3,(H,23,27). The molecular weight excluding hydrogens is 372 g/mol. The van der Waals surface area contributed by atoms with Crippen molar-refractivity contribution in [2.24, 2.45) is 0 Å². The first-order chi connectivity index (χ1) is 13.9. The van der Waals surface area contributed by atoms with Crippen molar-refractivity contribution in [3.8, 4) is 5.75 Å². The van der Waals surface area contributed by atoms with Gasteiger partial charge in [0.05, 0.1) is 19.1 Å². The molecule has 0 aromatic heterocycles. The number of benzene rings is 2. The number of hydrogen-bond acceptors (Lipinski definition) is 5. The van der Waals surface area contributed by atoms with Gasteiger partial charge in [0.25, 0.3) is 11.8 Å². The van der Waals surface area contributed by atoms with Crippen LogP contribution in [0.5, 0.6) is 5.75 Å². The Morgan fingerprint density at radius 1 is 1.00 bits per heavy atom. The van der Waals surface area contributed by atoms with Gasteiger partial charge in [-0.15, -0.1) is 0 Å². The van der Waals surface area contributed by atoms with Crippen LogP contribution in [0.4, 0.5) is 5.69 Å². The van der Waals surface area contributed by atoms with E-state index in [4.69, 9.17) is 9.47 Å². The van der Waals surface area contributed by atoms with Crippen LogP contribution in [-0.4, -0.2) is 44.1 Å². The normalized spacial score (nSPS) is 10.3. The van der Waals surface area contributed by atoms with Crippen LogP contribution < -0.4 is 15.0 Å². The van der Waals surface area contributed by atoms with Crippen molar-refractivity contribution in [2.75, 3.05) is 25.2 Å². The van der Waals surface area contributed by atoms with Gasteiger partial charge in [0.15, 0.2) is 6.61 Å². The van der Waals surface area contributed by atoms with Crippen molar-refractivity contribution >= 4 is 23.5 Å². The van der Waals surface area contributed by atoms with E-state index < -0.39 is 5.97 Å². The Kier molecular flexibility index (Phi) is 8.21. The van der Waals surface area contributed by atoms with Crippen LogP contribution in [-0.2, 0) is 14.3 Å². The minimum absolute atomic E-state index is 0.0405. The van der Waals surface area contributed by atoms with Gasteiger partial charge in [-0.25, -0.2) is 0 Å². The van der Waals surface area contributed by atoms with E-state index in [1.165, 1.54) is 7.11 Å². The van der Waals surface area contributed by atoms with Gasteiger partial charge >= 0.3 is 5.97 Å². The zero-order valence-electron chi connectivity index (χ0n) is 16.9. The van der Waals surface area contributed by atoms with Crippen LogP contribution in [0, 0.1) is 0 Å². The molecule has 1 N–H and O–H groups in total. The van der Waals surface area contributed by atoms with Gasteiger partial charge in [0, 0.05) is 18.3 Å². The second-order valence-corrected chi connectivity index (χ2v) is 6.56. The summed E-state index contributed by atoms with van der Waals surface area (Å²) in [7, 11) is 1.48. The van der Waals surface area contributed by atoms with Gasteiger partial charge < -0.3 is 19.7 Å². The van der Waals surface area contributed by atoms with Crippen molar-refractivity contribution in [1.29, 1.82) is 0 Å². The molecule has 0 radical (unpaired) electrons. The number of esters is 1. The lowest BCUT2D eigenvalue weighted by molar-refractivity contribution is -0.147. The molecule has 0 atom stereocenters. The highest BCUT2D eigenvalue weighted by Crippen LogP contribution is 2.17. The number of rotatable bonds is 9. The number of para-hydroxylation sites is 2. The maximum Gasteiger partial charge on any atom is 0.308 e. The number of methoxy groups -OCH3 is 1. The predicted octanol–water partition coefficient (Wildman–Crippen LogP) is 2.80. The van der Waals surface area contributed by atoms with Crippen LogP contribution >= 0.6 is 0 Å². The Bertz CT molecular complexity index is 836. The number of hydrogen-bond donors (Lipinski definition) is 1. The zero-order chi connectivity index (χ0) is 21.2. The fraction of sp³-hybridized carbons (Fsp3) is 0.318. The smallest absolute Gasteiger partial charge is 0.308 e. The SMILES string of the molecule is COc1ccccc1C(=O)NCCC(=O)OCC(=O)N(c1ccccc1)C(C)C. The number of carbonyl (C=O) groups excluding carboxylic acids is 3. The van der Waals surface area contributed by atoms with E-state index in [9.17, 15) is 14.4 Å². The monoisotopic (exact) mass is 398 g/mol. The molecule has 2 aromatic carbocycles. The first kappa shape index (κ1) is 21.9. The highest BCUT2D eigenvalue weighted by molar-refractivity contribution is 5.97. The zero-order valence-corrected chi connectivity index (χ0v) is 16.9. The van der Waals surface area contributed by atoms with Gasteiger partial charge in [-0.3, -0.25) is 14.4 Å². The molecule has 7 heteroatoms. The number of amides is 2. The minimum atomic E-state index is -0.560. The average Bonchev–Trinajstić information content (AvgIpc) is 2.72. The molecule has 0 unspecified atom stereocenters. The van der Waals surface area contributed by atoms with Crippen LogP contribution in [0.15, 0.2) is 54.6 Å². The summed E-state index contributed by atoms with van der Waals surface area (Å²) < 4.78 is 10.2. The molecule has 0 bridgehead atoms. The van der Waals surface area contributed by atoms with E-state index in [1.54, 1.807) is 29.2 Å². The van der Waals surface area contributed by atoms with Crippen molar-refractivity contribution in [2.45, 2.75) is 26.3 Å². The van der Waals surface area contributed by atoms with Crippen molar-refractivity contribution in [3.05, 3.63) is 60.2 Å². The Morgan fingerprint density at radius 2 is 1.66 bits per heavy atom. The Balaban J connectivity index is 1.80. The average molecular weight is 398 g/mol. The molecule has 0 spiro atoms. The minimum Gasteiger partial charge on any atom is -0.496 e. The van der Waals surface area contributed by atoms with E-state index in [0.29, 0.717) is 11.3 Å². The van der Waals surface area contributed by atoms with E-state index in [1.807, 2.05) is 44.2 Å². The molecule has 0 aliphatic heterocycles. The Hall–Kier alpha value is -3.35. The second-order valence-electron chi connectivity index (χ2n) is 6.56. The predicted molar refractivity (Wildman–Crippen MR) is 110 cm³/mol. The van der Waals surface area contributed by atoms with E-state index >= 15 is 0 Å². The third-order valence-corrected chi connectivity index (χ3v) is 4.14. The van der Waals surface area contributed by atoms with Crippen LogP contribution in [0.1, 0.15) is 30.6 Å². The molecule has 0 fully saturated rings. The van der Waals surface area contributed by atoms with Crippen LogP contribution in [0.25, 0.3) is 0 Å². The molecule has 0 heterocycles. The van der Waals surface area contributed by atoms with Crippen LogP contribution in [0.3, 0.4) is 0 Å². The molecule has 7 nitrogen and oxygen atoms in total. The van der Waals surface area contributed by atoms with Crippen molar-refractivity contribution in [1.82, 2.24) is 5.32 Å². The molecule has 2 rings (SSSR count). The lowest BCUT2D eigenvalue weighted by Crippen LogP contribution is -2.40. The van der Waals surface area contributed by atoms with E-state index in [0.717, 1.165) is 5.69 Å². The molecule has 2 amide bonds. The Morgan fingerprint density at radius 3 is 2.31 bits per heavy atom. The lowest BCUT2D eigenvalue weighted by Gasteiger charge is -2.26. The van der Waals surface area contributed by atoms with Gasteiger partial charge in [-0.05, 0) is 38.1 Å². The fourth-order valence-electron chi connectivity index (χ4n) is 2.81. The molecule has 154 valence electrons. The molecule has 0 aliphatic carbocycles. The summed E-state index contributed by atoms with van der Waals surface area (Å²) in [4.78, 5) is 38.2. The van der Waals surface area contributed by atoms with Crippen LogP contribution in [0.2, 0.25) is 0 Å². The van der Waals surface area contributed by atoms with E-state index in [2.05, 4.69) is 5.32 Å². The largest absolute Gasteiger partial charge is 0.496 e. The molecular formula is C22H26N2O5. The van der Waals surface area contributed by atoms with Crippen molar-refractivity contribution < 1.29 is 23.9 Å². The highest BCUT2D eigenvalue weighted by atomic mass is 16.5. The second kappa shape index (κ2) is 10.8. The number of anilines is 1. The number of carbonyl (C=O) groups is 3. The quantitative estimate of drug-likeness (QED) is 0.657. The molecule has 0 aliphatic rings. The topological polar surface area (TPSA) is 84.9 Å². The maximum absolute atomic E-state index is 12.5. The summed E-state index contributed by atoms with van der Waals surface area (Å²) >= 11 is 0. The molecule has 29 heavy (non-hydrogen) atoms. The Labute approximate surface area is 170 Å². The summed E-state index contributed by atoms with van der Waals surface area (Å²) in [6.07, 6.45) is -0.0405. The first-order valence-electron chi connectivity index (χ1n) is 9.38. The van der Waals surface area contributed by atoms with Gasteiger partial charge in [-0.1, -0.05) is 30.3 Å². The first-order valence-corrected chi connectivity index (χ1v) is 9.38. The molecule has 0 saturated carbocycles. The summed E-state index contributed by atoms with van der Waals surface area (Å²) in [6, 6.07) is 15.9. The number of nitrogens with one attached hydrogen (secondary N) is 1. The summed E-state index contributed by atoms with van der Waals surface area (Å²) in [5, 5.41) is 2.64. The third kappa shape index (κ3) is 6.34. The molecule has 2 aromatic rings. The summed E-state index contributed by atoms with van der Waals surface area (Å²) in [5.41, 5.74) is 1.13. The number of ether oxygens (including phenoxy) is 2. The lowest BCUT2D eigenvalue weighted by atomic mass is 10.2. The third-order valence-electron chi connectivity index (χ3n) is 4.14. The van der Waals surface area contributed by atoms with Gasteiger partial charge in [0.2, 0.25) is 0 Å². The fourth-order valence-corrected chi connectivity index (χ4v) is 2.81. The van der Waals surface area contributed by atoms with E-state index in [-0.39, 0.29) is 37.4 Å². The van der Waals surface area contributed by atoms with Gasteiger partial charge in [0.1, 0.15) is 5.75 Å². The van der Waals surface area contributed by atoms with Crippen molar-refractivity contribution in [3.63, 3.8) is 0 Å². The summed E-state index contributed by atoms with van der Waals surface area (Å²) in [5.74, 6) is -0.762.